The van der Waals surface area contributed by atoms with Crippen molar-refractivity contribution < 1.29 is 14.3 Å². The molecule has 2 amide bonds. The van der Waals surface area contributed by atoms with Crippen molar-refractivity contribution in [3.05, 3.63) is 18.2 Å². The van der Waals surface area contributed by atoms with Crippen LogP contribution >= 0.6 is 0 Å². The zero-order valence-corrected chi connectivity index (χ0v) is 11.3. The Labute approximate surface area is 112 Å². The molecule has 1 rings (SSSR count). The first-order chi connectivity index (χ1) is 9.12. The number of amides is 2. The number of carbonyl (C=O) groups is 1. The molecule has 0 atom stereocenters. The van der Waals surface area contributed by atoms with E-state index in [9.17, 15) is 4.79 Å². The van der Waals surface area contributed by atoms with Crippen LogP contribution in [0.1, 0.15) is 6.42 Å². The van der Waals surface area contributed by atoms with Gasteiger partial charge in [-0.3, -0.25) is 0 Å². The van der Waals surface area contributed by atoms with Crippen LogP contribution in [0.4, 0.5) is 10.5 Å². The standard InChI is InChI=1S/C13H17N3O3/c1-16(8-4-7-14)13(17)15-11-6-5-10(18-2)9-12(11)19-3/h5-6,9H,4,8H2,1-3H3,(H,15,17). The van der Waals surface area contributed by atoms with Crippen molar-refractivity contribution in [2.75, 3.05) is 33.1 Å². The Morgan fingerprint density at radius 3 is 2.74 bits per heavy atom. The first-order valence-electron chi connectivity index (χ1n) is 5.73. The lowest BCUT2D eigenvalue weighted by Crippen LogP contribution is -2.32. The highest BCUT2D eigenvalue weighted by molar-refractivity contribution is 5.91. The minimum absolute atomic E-state index is 0.293. The summed E-state index contributed by atoms with van der Waals surface area (Å²) in [6.45, 7) is 0.376. The molecule has 6 nitrogen and oxygen atoms in total. The van der Waals surface area contributed by atoms with Gasteiger partial charge in [0, 0.05) is 19.7 Å². The number of nitrogens with zero attached hydrogens (tertiary/aromatic N) is 2. The summed E-state index contributed by atoms with van der Waals surface area (Å²) < 4.78 is 10.3. The van der Waals surface area contributed by atoms with E-state index in [1.165, 1.54) is 12.0 Å². The van der Waals surface area contributed by atoms with Crippen molar-refractivity contribution in [1.82, 2.24) is 4.90 Å². The molecule has 6 heteroatoms. The number of hydrogen-bond acceptors (Lipinski definition) is 4. The van der Waals surface area contributed by atoms with Gasteiger partial charge in [0.25, 0.3) is 0 Å². The van der Waals surface area contributed by atoms with Crippen molar-refractivity contribution in [3.63, 3.8) is 0 Å². The summed E-state index contributed by atoms with van der Waals surface area (Å²) in [4.78, 5) is 13.3. The van der Waals surface area contributed by atoms with E-state index in [4.69, 9.17) is 14.7 Å². The average molecular weight is 263 g/mol. The highest BCUT2D eigenvalue weighted by Gasteiger charge is 2.12. The summed E-state index contributed by atoms with van der Waals surface area (Å²) in [6, 6.07) is 6.82. The highest BCUT2D eigenvalue weighted by Crippen LogP contribution is 2.29. The molecule has 0 saturated carbocycles. The number of ether oxygens (including phenoxy) is 2. The van der Waals surface area contributed by atoms with Crippen molar-refractivity contribution >= 4 is 11.7 Å². The molecule has 0 saturated heterocycles. The van der Waals surface area contributed by atoms with Crippen LogP contribution in [0.15, 0.2) is 18.2 Å². The lowest BCUT2D eigenvalue weighted by molar-refractivity contribution is 0.223. The zero-order chi connectivity index (χ0) is 14.3. The van der Waals surface area contributed by atoms with Gasteiger partial charge in [-0.25, -0.2) is 4.79 Å². The molecule has 1 N–H and O–H groups in total. The molecule has 0 unspecified atom stereocenters. The fraction of sp³-hybridized carbons (Fsp3) is 0.385. The quantitative estimate of drug-likeness (QED) is 0.882. The first kappa shape index (κ1) is 14.6. The van der Waals surface area contributed by atoms with E-state index in [2.05, 4.69) is 5.32 Å². The summed E-state index contributed by atoms with van der Waals surface area (Å²) in [5, 5.41) is 11.2. The molecule has 0 aromatic heterocycles. The molecule has 0 aliphatic rings. The summed E-state index contributed by atoms with van der Waals surface area (Å²) in [6.07, 6.45) is 0.295. The van der Waals surface area contributed by atoms with Crippen LogP contribution in [0.3, 0.4) is 0 Å². The topological polar surface area (TPSA) is 74.6 Å². The number of urea groups is 1. The molecule has 0 aliphatic heterocycles. The van der Waals surface area contributed by atoms with Gasteiger partial charge in [-0.1, -0.05) is 0 Å². The van der Waals surface area contributed by atoms with Gasteiger partial charge in [0.1, 0.15) is 11.5 Å². The normalized spacial score (nSPS) is 9.37. The molecule has 0 radical (unpaired) electrons. The number of nitrogens with one attached hydrogen (secondary N) is 1. The largest absolute Gasteiger partial charge is 0.497 e. The Morgan fingerprint density at radius 1 is 1.42 bits per heavy atom. The van der Waals surface area contributed by atoms with Crippen LogP contribution in [0.25, 0.3) is 0 Å². The van der Waals surface area contributed by atoms with E-state index < -0.39 is 0 Å². The predicted molar refractivity (Wildman–Crippen MR) is 71.4 cm³/mol. The van der Waals surface area contributed by atoms with Crippen LogP contribution in [-0.2, 0) is 0 Å². The summed E-state index contributed by atoms with van der Waals surface area (Å²) in [5.74, 6) is 1.16. The van der Waals surface area contributed by atoms with E-state index in [1.807, 2.05) is 6.07 Å². The molecule has 0 spiro atoms. The maximum Gasteiger partial charge on any atom is 0.321 e. The first-order valence-corrected chi connectivity index (χ1v) is 5.73. The van der Waals surface area contributed by atoms with Gasteiger partial charge >= 0.3 is 6.03 Å². The molecule has 1 aromatic rings. The van der Waals surface area contributed by atoms with Gasteiger partial charge < -0.3 is 19.7 Å². The molecular formula is C13H17N3O3. The molecule has 0 aliphatic carbocycles. The lowest BCUT2D eigenvalue weighted by atomic mass is 10.2. The summed E-state index contributed by atoms with van der Waals surface area (Å²) in [7, 11) is 4.70. The van der Waals surface area contributed by atoms with Gasteiger partial charge in [-0.2, -0.15) is 5.26 Å². The molecule has 0 bridgehead atoms. The minimum atomic E-state index is -0.293. The number of nitriles is 1. The van der Waals surface area contributed by atoms with E-state index in [-0.39, 0.29) is 6.03 Å². The van der Waals surface area contributed by atoms with Gasteiger partial charge in [0.15, 0.2) is 0 Å². The number of rotatable bonds is 5. The maximum atomic E-state index is 11.9. The van der Waals surface area contributed by atoms with Gasteiger partial charge in [-0.05, 0) is 12.1 Å². The molecule has 102 valence electrons. The van der Waals surface area contributed by atoms with Crippen LogP contribution in [0, 0.1) is 11.3 Å². The van der Waals surface area contributed by atoms with Crippen molar-refractivity contribution in [3.8, 4) is 17.6 Å². The maximum absolute atomic E-state index is 11.9. The summed E-state index contributed by atoms with van der Waals surface area (Å²) >= 11 is 0. The smallest absolute Gasteiger partial charge is 0.321 e. The molecule has 0 fully saturated rings. The van der Waals surface area contributed by atoms with Crippen molar-refractivity contribution in [2.24, 2.45) is 0 Å². The third-order valence-electron chi connectivity index (χ3n) is 2.56. The number of carbonyl (C=O) groups excluding carboxylic acids is 1. The highest BCUT2D eigenvalue weighted by atomic mass is 16.5. The second kappa shape index (κ2) is 7.11. The second-order valence-electron chi connectivity index (χ2n) is 3.83. The molecule has 1 aromatic carbocycles. The van der Waals surface area contributed by atoms with Gasteiger partial charge in [0.05, 0.1) is 32.4 Å². The van der Waals surface area contributed by atoms with Gasteiger partial charge in [0.2, 0.25) is 0 Å². The third kappa shape index (κ3) is 4.07. The predicted octanol–water partition coefficient (Wildman–Crippen LogP) is 2.08. The molecular weight excluding hydrogens is 246 g/mol. The Balaban J connectivity index is 2.76. The fourth-order valence-electron chi connectivity index (χ4n) is 1.43. The minimum Gasteiger partial charge on any atom is -0.497 e. The number of benzene rings is 1. The Bertz CT molecular complexity index is 483. The Morgan fingerprint density at radius 2 is 2.16 bits per heavy atom. The van der Waals surface area contributed by atoms with Crippen LogP contribution in [-0.4, -0.2) is 38.7 Å². The SMILES string of the molecule is COc1ccc(NC(=O)N(C)CCC#N)c(OC)c1. The number of methoxy groups -OCH3 is 2. The monoisotopic (exact) mass is 263 g/mol. The zero-order valence-electron chi connectivity index (χ0n) is 11.3. The Hall–Kier alpha value is -2.42. The van der Waals surface area contributed by atoms with Gasteiger partial charge in [-0.15, -0.1) is 0 Å². The second-order valence-corrected chi connectivity index (χ2v) is 3.83. The Kier molecular flexibility index (Phi) is 5.48. The summed E-state index contributed by atoms with van der Waals surface area (Å²) in [5.41, 5.74) is 0.553. The van der Waals surface area contributed by atoms with Crippen LogP contribution in [0.2, 0.25) is 0 Å². The van der Waals surface area contributed by atoms with E-state index in [0.717, 1.165) is 0 Å². The lowest BCUT2D eigenvalue weighted by Gasteiger charge is -2.18. The number of hydrogen-bond donors (Lipinski definition) is 1. The van der Waals surface area contributed by atoms with Crippen LogP contribution < -0.4 is 14.8 Å². The molecule has 0 heterocycles. The average Bonchev–Trinajstić information content (AvgIpc) is 2.44. The van der Waals surface area contributed by atoms with E-state index >= 15 is 0 Å². The van der Waals surface area contributed by atoms with E-state index in [0.29, 0.717) is 30.2 Å². The molecule has 19 heavy (non-hydrogen) atoms. The van der Waals surface area contributed by atoms with Crippen molar-refractivity contribution in [1.29, 1.82) is 5.26 Å². The number of anilines is 1. The van der Waals surface area contributed by atoms with Crippen LogP contribution in [0.5, 0.6) is 11.5 Å². The third-order valence-corrected chi connectivity index (χ3v) is 2.56. The van der Waals surface area contributed by atoms with Crippen molar-refractivity contribution in [2.45, 2.75) is 6.42 Å². The fourth-order valence-corrected chi connectivity index (χ4v) is 1.43. The van der Waals surface area contributed by atoms with E-state index in [1.54, 1.807) is 32.4 Å².